The minimum atomic E-state index is -3.69. The molecular formula is C9H14N4O4S. The molecule has 8 nitrogen and oxygen atoms in total. The van der Waals surface area contributed by atoms with E-state index in [0.29, 0.717) is 6.42 Å². The van der Waals surface area contributed by atoms with Gasteiger partial charge in [0.15, 0.2) is 6.20 Å². The molecule has 9 heteroatoms. The number of hydrogen-bond donors (Lipinski definition) is 2. The molecule has 0 bridgehead atoms. The van der Waals surface area contributed by atoms with E-state index in [1.165, 1.54) is 0 Å². The average molecular weight is 274 g/mol. The van der Waals surface area contributed by atoms with Crippen LogP contribution in [0.3, 0.4) is 0 Å². The number of pyridine rings is 1. The van der Waals surface area contributed by atoms with Crippen LogP contribution >= 0.6 is 0 Å². The normalized spacial score (nSPS) is 13.2. The number of nitrogens with zero attached hydrogens (tertiary/aromatic N) is 2. The van der Waals surface area contributed by atoms with E-state index < -0.39 is 20.8 Å². The largest absolute Gasteiger partial charge is 0.363 e. The van der Waals surface area contributed by atoms with E-state index in [0.717, 1.165) is 18.3 Å². The minimum absolute atomic E-state index is 0.109. The lowest BCUT2D eigenvalue weighted by Crippen LogP contribution is -2.29. The lowest BCUT2D eigenvalue weighted by atomic mass is 10.3. The third-order valence-electron chi connectivity index (χ3n) is 2.11. The summed E-state index contributed by atoms with van der Waals surface area (Å²) < 4.78 is 25.8. The van der Waals surface area contributed by atoms with Crippen molar-refractivity contribution in [3.63, 3.8) is 0 Å². The van der Waals surface area contributed by atoms with Gasteiger partial charge < -0.3 is 15.8 Å². The molecule has 0 aliphatic carbocycles. The molecule has 0 aliphatic rings. The molecule has 3 N–H and O–H groups in total. The number of aromatic nitrogens is 1. The maximum absolute atomic E-state index is 11.7. The van der Waals surface area contributed by atoms with Crippen LogP contribution in [0.5, 0.6) is 0 Å². The highest BCUT2D eigenvalue weighted by Crippen LogP contribution is 2.11. The zero-order valence-corrected chi connectivity index (χ0v) is 10.6. The summed E-state index contributed by atoms with van der Waals surface area (Å²) >= 11 is 0. The molecule has 1 rings (SSSR count). The molecule has 0 aliphatic heterocycles. The smallest absolute Gasteiger partial charge is 0.358 e. The van der Waals surface area contributed by atoms with E-state index in [2.05, 4.69) is 9.71 Å². The summed E-state index contributed by atoms with van der Waals surface area (Å²) in [4.78, 5) is 13.0. The van der Waals surface area contributed by atoms with Crippen LogP contribution in [0.1, 0.15) is 13.3 Å². The molecule has 0 radical (unpaired) electrons. The Morgan fingerprint density at radius 2 is 2.22 bits per heavy atom. The third-order valence-corrected chi connectivity index (χ3v) is 3.56. The second kappa shape index (κ2) is 5.85. The van der Waals surface area contributed by atoms with Crippen molar-refractivity contribution < 1.29 is 13.3 Å². The van der Waals surface area contributed by atoms with Gasteiger partial charge in [0.1, 0.15) is 4.90 Å². The summed E-state index contributed by atoms with van der Waals surface area (Å²) in [6, 6.07) is 2.07. The molecule has 0 amide bonds. The summed E-state index contributed by atoms with van der Waals surface area (Å²) in [5, 5.41) is 10.4. The Kier molecular flexibility index (Phi) is 4.70. The first kappa shape index (κ1) is 14.5. The van der Waals surface area contributed by atoms with Gasteiger partial charge in [0.25, 0.3) is 0 Å². The molecule has 18 heavy (non-hydrogen) atoms. The fraction of sp³-hybridized carbons (Fsp3) is 0.444. The zero-order valence-electron chi connectivity index (χ0n) is 9.74. The molecular weight excluding hydrogens is 260 g/mol. The molecule has 100 valence electrons. The highest BCUT2D eigenvalue weighted by atomic mass is 32.2. The molecule has 1 unspecified atom stereocenters. The van der Waals surface area contributed by atoms with Gasteiger partial charge in [-0.3, -0.25) is 0 Å². The van der Waals surface area contributed by atoms with Gasteiger partial charge in [-0.15, -0.1) is 0 Å². The monoisotopic (exact) mass is 274 g/mol. The molecule has 0 spiro atoms. The first-order valence-electron chi connectivity index (χ1n) is 5.18. The summed E-state index contributed by atoms with van der Waals surface area (Å²) in [6.45, 7) is 1.97. The Labute approximate surface area is 104 Å². The van der Waals surface area contributed by atoms with E-state index in [1.807, 2.05) is 0 Å². The Morgan fingerprint density at radius 3 is 2.67 bits per heavy atom. The third kappa shape index (κ3) is 4.02. The van der Waals surface area contributed by atoms with Gasteiger partial charge >= 0.3 is 5.82 Å². The van der Waals surface area contributed by atoms with Crippen LogP contribution in [0.2, 0.25) is 0 Å². The average Bonchev–Trinajstić information content (AvgIpc) is 2.28. The Morgan fingerprint density at radius 1 is 1.56 bits per heavy atom. The summed E-state index contributed by atoms with van der Waals surface area (Å²) in [6.07, 6.45) is 1.45. The van der Waals surface area contributed by atoms with Crippen LogP contribution in [0, 0.1) is 10.1 Å². The second-order valence-corrected chi connectivity index (χ2v) is 5.54. The lowest BCUT2D eigenvalue weighted by molar-refractivity contribution is -0.389. The Bertz CT molecular complexity index is 512. The maximum atomic E-state index is 11.7. The van der Waals surface area contributed by atoms with Crippen molar-refractivity contribution in [2.45, 2.75) is 24.3 Å². The number of nitrogens with one attached hydrogen (secondary N) is 1. The standard InChI is InChI=1S/C9H14N4O4S/c1-7(10)4-5-12-18(16,17)8-2-3-9(11-6-8)13(14)15/h2-3,6-7,12H,4-5,10H2,1H3. The van der Waals surface area contributed by atoms with E-state index in [1.54, 1.807) is 6.92 Å². The summed E-state index contributed by atoms with van der Waals surface area (Å²) in [7, 11) is -3.69. The zero-order chi connectivity index (χ0) is 13.8. The van der Waals surface area contributed by atoms with Gasteiger partial charge in [-0.25, -0.2) is 13.1 Å². The molecule has 0 fully saturated rings. The topological polar surface area (TPSA) is 128 Å². The first-order valence-corrected chi connectivity index (χ1v) is 6.67. The van der Waals surface area contributed by atoms with E-state index in [9.17, 15) is 18.5 Å². The summed E-state index contributed by atoms with van der Waals surface area (Å²) in [5.41, 5.74) is 5.49. The van der Waals surface area contributed by atoms with Gasteiger partial charge in [-0.2, -0.15) is 0 Å². The number of rotatable bonds is 6. The van der Waals surface area contributed by atoms with Gasteiger partial charge in [-0.05, 0) is 29.3 Å². The Hall–Kier alpha value is -1.58. The second-order valence-electron chi connectivity index (χ2n) is 3.77. The van der Waals surface area contributed by atoms with Crippen molar-refractivity contribution in [1.29, 1.82) is 0 Å². The minimum Gasteiger partial charge on any atom is -0.358 e. The van der Waals surface area contributed by atoms with E-state index in [-0.39, 0.29) is 17.5 Å². The van der Waals surface area contributed by atoms with Crippen molar-refractivity contribution in [3.8, 4) is 0 Å². The quantitative estimate of drug-likeness (QED) is 0.555. The SMILES string of the molecule is CC(N)CCNS(=O)(=O)c1ccc([N+](=O)[O-])nc1. The highest BCUT2D eigenvalue weighted by Gasteiger charge is 2.17. The van der Waals surface area contributed by atoms with Crippen molar-refractivity contribution in [3.05, 3.63) is 28.4 Å². The van der Waals surface area contributed by atoms with Gasteiger partial charge in [0, 0.05) is 18.7 Å². The molecule has 1 aromatic heterocycles. The van der Waals surface area contributed by atoms with Crippen molar-refractivity contribution in [2.75, 3.05) is 6.54 Å². The fourth-order valence-corrected chi connectivity index (χ4v) is 2.14. The lowest BCUT2D eigenvalue weighted by Gasteiger charge is -2.07. The van der Waals surface area contributed by atoms with Crippen LogP contribution < -0.4 is 10.5 Å². The molecule has 0 saturated heterocycles. The van der Waals surface area contributed by atoms with Gasteiger partial charge in [-0.1, -0.05) is 0 Å². The van der Waals surface area contributed by atoms with E-state index in [4.69, 9.17) is 5.73 Å². The first-order chi connectivity index (χ1) is 8.33. The van der Waals surface area contributed by atoms with Crippen LogP contribution in [0.15, 0.2) is 23.2 Å². The molecule has 1 heterocycles. The van der Waals surface area contributed by atoms with Crippen LogP contribution in [0.25, 0.3) is 0 Å². The molecule has 0 saturated carbocycles. The van der Waals surface area contributed by atoms with Crippen molar-refractivity contribution in [2.24, 2.45) is 5.73 Å². The number of nitrogens with two attached hydrogens (primary N) is 1. The fourth-order valence-electron chi connectivity index (χ4n) is 1.14. The number of sulfonamides is 1. The van der Waals surface area contributed by atoms with Crippen molar-refractivity contribution in [1.82, 2.24) is 9.71 Å². The van der Waals surface area contributed by atoms with Gasteiger partial charge in [0.05, 0.1) is 0 Å². The van der Waals surface area contributed by atoms with E-state index >= 15 is 0 Å². The predicted octanol–water partition coefficient (Wildman–Crippen LogP) is 0.00540. The summed E-state index contributed by atoms with van der Waals surface area (Å²) in [5.74, 6) is -0.399. The number of hydrogen-bond acceptors (Lipinski definition) is 6. The van der Waals surface area contributed by atoms with Crippen molar-refractivity contribution >= 4 is 15.8 Å². The van der Waals surface area contributed by atoms with Crippen LogP contribution in [-0.4, -0.2) is 30.9 Å². The molecule has 1 atom stereocenters. The van der Waals surface area contributed by atoms with Crippen LogP contribution in [-0.2, 0) is 10.0 Å². The van der Waals surface area contributed by atoms with Crippen LogP contribution in [0.4, 0.5) is 5.82 Å². The Balaban J connectivity index is 2.76. The maximum Gasteiger partial charge on any atom is 0.363 e. The highest BCUT2D eigenvalue weighted by molar-refractivity contribution is 7.89. The number of nitro groups is 1. The predicted molar refractivity (Wildman–Crippen MR) is 64.3 cm³/mol. The molecule has 0 aromatic carbocycles. The van der Waals surface area contributed by atoms with Gasteiger partial charge in [0.2, 0.25) is 10.0 Å². The molecule has 1 aromatic rings.